The van der Waals surface area contributed by atoms with Crippen LogP contribution in [0, 0.1) is 15.9 Å². The minimum Gasteiger partial charge on any atom is -0.467 e. The molecule has 2 rings (SSSR count). The predicted molar refractivity (Wildman–Crippen MR) is 89.2 cm³/mol. The average Bonchev–Trinajstić information content (AvgIpc) is 2.65. The van der Waals surface area contributed by atoms with Crippen molar-refractivity contribution in [3.63, 3.8) is 0 Å². The van der Waals surface area contributed by atoms with E-state index in [1.165, 1.54) is 24.3 Å². The third kappa shape index (κ3) is 4.12. The highest BCUT2D eigenvalue weighted by atomic mass is 19.1. The van der Waals surface area contributed by atoms with Crippen LogP contribution in [0.4, 0.5) is 15.8 Å². The van der Waals surface area contributed by atoms with Gasteiger partial charge in [-0.2, -0.15) is 0 Å². The van der Waals surface area contributed by atoms with Gasteiger partial charge in [0, 0.05) is 6.07 Å². The Morgan fingerprint density at radius 1 is 1.12 bits per heavy atom. The number of halogens is 1. The van der Waals surface area contributed by atoms with Gasteiger partial charge in [-0.1, -0.05) is 12.1 Å². The number of ether oxygens (including phenoxy) is 2. The second-order valence-electron chi connectivity index (χ2n) is 5.13. The number of hydrogen-bond donors (Lipinski definition) is 1. The third-order valence-corrected chi connectivity index (χ3v) is 3.56. The maximum Gasteiger partial charge on any atom is 0.338 e. The van der Waals surface area contributed by atoms with Crippen LogP contribution in [0.3, 0.4) is 0 Å². The fourth-order valence-corrected chi connectivity index (χ4v) is 2.26. The zero-order chi connectivity index (χ0) is 19.3. The Hall–Kier alpha value is -3.49. The van der Waals surface area contributed by atoms with Gasteiger partial charge in [0.1, 0.15) is 11.5 Å². The molecule has 0 aliphatic carbocycles. The Labute approximate surface area is 147 Å². The molecule has 2 aromatic rings. The number of carbonyl (C=O) groups excluding carboxylic acids is 2. The minimum absolute atomic E-state index is 0.0117. The number of anilines is 1. The van der Waals surface area contributed by atoms with Crippen LogP contribution in [0.25, 0.3) is 0 Å². The lowest BCUT2D eigenvalue weighted by molar-refractivity contribution is -0.384. The Morgan fingerprint density at radius 3 is 2.31 bits per heavy atom. The van der Waals surface area contributed by atoms with Crippen LogP contribution in [0.1, 0.15) is 22.0 Å². The first-order valence-corrected chi connectivity index (χ1v) is 7.34. The smallest absolute Gasteiger partial charge is 0.338 e. The van der Waals surface area contributed by atoms with E-state index >= 15 is 0 Å². The van der Waals surface area contributed by atoms with Crippen molar-refractivity contribution >= 4 is 23.3 Å². The molecule has 0 fully saturated rings. The molecule has 0 aromatic heterocycles. The quantitative estimate of drug-likeness (QED) is 0.478. The zero-order valence-corrected chi connectivity index (χ0v) is 13.9. The van der Waals surface area contributed by atoms with Crippen molar-refractivity contribution in [3.8, 4) is 0 Å². The first kappa shape index (κ1) is 18.8. The monoisotopic (exact) mass is 362 g/mol. The Kier molecular flexibility index (Phi) is 5.84. The summed E-state index contributed by atoms with van der Waals surface area (Å²) in [6.07, 6.45) is 0. The number of benzene rings is 2. The summed E-state index contributed by atoms with van der Waals surface area (Å²) in [5, 5.41) is 14.0. The highest BCUT2D eigenvalue weighted by molar-refractivity contribution is 5.91. The second-order valence-corrected chi connectivity index (χ2v) is 5.13. The molecule has 0 saturated carbocycles. The van der Waals surface area contributed by atoms with Crippen molar-refractivity contribution < 1.29 is 28.4 Å². The summed E-state index contributed by atoms with van der Waals surface area (Å²) < 4.78 is 22.4. The molecule has 136 valence electrons. The molecule has 0 saturated heterocycles. The largest absolute Gasteiger partial charge is 0.467 e. The van der Waals surface area contributed by atoms with Crippen LogP contribution in [-0.2, 0) is 14.3 Å². The fourth-order valence-electron chi connectivity index (χ4n) is 2.26. The van der Waals surface area contributed by atoms with Gasteiger partial charge in [-0.05, 0) is 29.8 Å². The van der Waals surface area contributed by atoms with E-state index in [-0.39, 0.29) is 11.3 Å². The van der Waals surface area contributed by atoms with Crippen LogP contribution >= 0.6 is 0 Å². The standard InChI is InChI=1S/C17H15FN2O6/c1-25-16(21)11-5-8-13(14(9-11)20(23)24)19-15(17(22)26-2)10-3-6-12(18)7-4-10/h3-9,15,19H,1-2H3. The van der Waals surface area contributed by atoms with Gasteiger partial charge in [0.25, 0.3) is 5.69 Å². The number of hydrogen-bond acceptors (Lipinski definition) is 7. The van der Waals surface area contributed by atoms with Crippen molar-refractivity contribution in [2.45, 2.75) is 6.04 Å². The molecule has 8 nitrogen and oxygen atoms in total. The van der Waals surface area contributed by atoms with Gasteiger partial charge in [0.05, 0.1) is 24.7 Å². The van der Waals surface area contributed by atoms with Gasteiger partial charge in [-0.25, -0.2) is 14.0 Å². The van der Waals surface area contributed by atoms with Crippen molar-refractivity contribution in [1.82, 2.24) is 0 Å². The van der Waals surface area contributed by atoms with E-state index < -0.39 is 34.4 Å². The van der Waals surface area contributed by atoms with E-state index in [0.717, 1.165) is 32.4 Å². The molecule has 0 bridgehead atoms. The Balaban J connectivity index is 2.44. The van der Waals surface area contributed by atoms with E-state index in [4.69, 9.17) is 4.74 Å². The lowest BCUT2D eigenvalue weighted by atomic mass is 10.1. The minimum atomic E-state index is -1.11. The molecule has 1 unspecified atom stereocenters. The van der Waals surface area contributed by atoms with E-state index in [1.807, 2.05) is 0 Å². The molecule has 0 amide bonds. The molecule has 2 aromatic carbocycles. The summed E-state index contributed by atoms with van der Waals surface area (Å²) in [6.45, 7) is 0. The molecule has 0 aliphatic heterocycles. The molecule has 0 heterocycles. The van der Waals surface area contributed by atoms with Crippen molar-refractivity contribution in [3.05, 3.63) is 69.5 Å². The number of esters is 2. The maximum atomic E-state index is 13.1. The summed E-state index contributed by atoms with van der Waals surface area (Å²) in [5.41, 5.74) is -0.1000. The summed E-state index contributed by atoms with van der Waals surface area (Å²) in [7, 11) is 2.32. The van der Waals surface area contributed by atoms with Crippen LogP contribution in [0.5, 0.6) is 0 Å². The molecular formula is C17H15FN2O6. The molecule has 0 aliphatic rings. The number of nitrogens with zero attached hydrogens (tertiary/aromatic N) is 1. The summed E-state index contributed by atoms with van der Waals surface area (Å²) in [4.78, 5) is 34.3. The molecule has 1 atom stereocenters. The van der Waals surface area contributed by atoms with Gasteiger partial charge in [-0.3, -0.25) is 10.1 Å². The van der Waals surface area contributed by atoms with Gasteiger partial charge in [0.2, 0.25) is 0 Å². The predicted octanol–water partition coefficient (Wildman–Crippen LogP) is 2.85. The molecule has 26 heavy (non-hydrogen) atoms. The number of methoxy groups -OCH3 is 2. The first-order valence-electron chi connectivity index (χ1n) is 7.34. The average molecular weight is 362 g/mol. The normalized spacial score (nSPS) is 11.3. The number of nitro benzene ring substituents is 1. The van der Waals surface area contributed by atoms with Crippen molar-refractivity contribution in [2.24, 2.45) is 0 Å². The number of carbonyl (C=O) groups is 2. The summed E-state index contributed by atoms with van der Waals surface area (Å²) in [5.74, 6) is -1.95. The van der Waals surface area contributed by atoms with Crippen LogP contribution < -0.4 is 5.32 Å². The van der Waals surface area contributed by atoms with Crippen LogP contribution in [0.2, 0.25) is 0 Å². The van der Waals surface area contributed by atoms with Gasteiger partial charge >= 0.3 is 11.9 Å². The van der Waals surface area contributed by atoms with E-state index in [9.17, 15) is 24.1 Å². The Bertz CT molecular complexity index is 838. The highest BCUT2D eigenvalue weighted by Gasteiger charge is 2.26. The van der Waals surface area contributed by atoms with Crippen LogP contribution in [-0.4, -0.2) is 31.1 Å². The molecule has 9 heteroatoms. The molecule has 0 radical (unpaired) electrons. The van der Waals surface area contributed by atoms with Gasteiger partial charge in [-0.15, -0.1) is 0 Å². The number of nitrogens with one attached hydrogen (secondary N) is 1. The molecular weight excluding hydrogens is 347 g/mol. The summed E-state index contributed by atoms with van der Waals surface area (Å²) in [6, 6.07) is 7.56. The van der Waals surface area contributed by atoms with Crippen molar-refractivity contribution in [1.29, 1.82) is 0 Å². The SMILES string of the molecule is COC(=O)c1ccc(NC(C(=O)OC)c2ccc(F)cc2)c([N+](=O)[O-])c1. The first-order chi connectivity index (χ1) is 12.4. The number of nitro groups is 1. The van der Waals surface area contributed by atoms with E-state index in [2.05, 4.69) is 10.1 Å². The fraction of sp³-hybridized carbons (Fsp3) is 0.176. The van der Waals surface area contributed by atoms with Crippen molar-refractivity contribution in [2.75, 3.05) is 19.5 Å². The van der Waals surface area contributed by atoms with Gasteiger partial charge in [0.15, 0.2) is 6.04 Å². The third-order valence-electron chi connectivity index (χ3n) is 3.56. The summed E-state index contributed by atoms with van der Waals surface area (Å²) >= 11 is 0. The lowest BCUT2D eigenvalue weighted by Crippen LogP contribution is -2.23. The second kappa shape index (κ2) is 8.06. The van der Waals surface area contributed by atoms with Crippen LogP contribution in [0.15, 0.2) is 42.5 Å². The zero-order valence-electron chi connectivity index (χ0n) is 13.9. The Morgan fingerprint density at radius 2 is 1.77 bits per heavy atom. The maximum absolute atomic E-state index is 13.1. The van der Waals surface area contributed by atoms with E-state index in [1.54, 1.807) is 0 Å². The topological polar surface area (TPSA) is 108 Å². The van der Waals surface area contributed by atoms with Gasteiger partial charge < -0.3 is 14.8 Å². The van der Waals surface area contributed by atoms with E-state index in [0.29, 0.717) is 5.56 Å². The number of rotatable bonds is 6. The molecule has 0 spiro atoms. The lowest BCUT2D eigenvalue weighted by Gasteiger charge is -2.18. The highest BCUT2D eigenvalue weighted by Crippen LogP contribution is 2.30. The molecule has 1 N–H and O–H groups in total.